The predicted octanol–water partition coefficient (Wildman–Crippen LogP) is 4.72. The first-order valence-corrected chi connectivity index (χ1v) is 5.91. The minimum atomic E-state index is 0.372. The lowest BCUT2D eigenvalue weighted by Crippen LogP contribution is -1.90. The van der Waals surface area contributed by atoms with Crippen LogP contribution in [0, 0.1) is 0 Å². The second-order valence-corrected chi connectivity index (χ2v) is 4.48. The van der Waals surface area contributed by atoms with Crippen molar-refractivity contribution in [3.63, 3.8) is 0 Å². The van der Waals surface area contributed by atoms with E-state index in [1.165, 1.54) is 0 Å². The third kappa shape index (κ3) is 2.49. The van der Waals surface area contributed by atoms with Crippen LogP contribution in [-0.4, -0.2) is 12.1 Å². The molecule has 0 N–H and O–H groups in total. The number of pyridine rings is 1. The van der Waals surface area contributed by atoms with E-state index in [0.717, 1.165) is 11.1 Å². The van der Waals surface area contributed by atoms with Gasteiger partial charge >= 0.3 is 0 Å². The quantitative estimate of drug-likeness (QED) is 0.746. The summed E-state index contributed by atoms with van der Waals surface area (Å²) >= 11 is 18.0. The molecule has 0 bridgehead atoms. The Morgan fingerprint density at radius 1 is 1.12 bits per heavy atom. The van der Waals surface area contributed by atoms with Crippen LogP contribution in [0.5, 0.6) is 5.75 Å². The van der Waals surface area contributed by atoms with Crippen molar-refractivity contribution in [2.24, 2.45) is 0 Å². The molecule has 17 heavy (non-hydrogen) atoms. The smallest absolute Gasteiger partial charge is 0.145 e. The monoisotopic (exact) mass is 287 g/mol. The van der Waals surface area contributed by atoms with E-state index in [4.69, 9.17) is 39.5 Å². The van der Waals surface area contributed by atoms with Crippen LogP contribution in [0.1, 0.15) is 0 Å². The number of benzene rings is 1. The molecule has 0 spiro atoms. The number of rotatable bonds is 2. The Morgan fingerprint density at radius 3 is 2.59 bits per heavy atom. The Bertz CT molecular complexity index is 557. The lowest BCUT2D eigenvalue weighted by atomic mass is 10.1. The summed E-state index contributed by atoms with van der Waals surface area (Å²) in [6.45, 7) is 0. The molecule has 0 aliphatic heterocycles. The van der Waals surface area contributed by atoms with E-state index < -0.39 is 0 Å². The Morgan fingerprint density at radius 2 is 1.88 bits per heavy atom. The standard InChI is InChI=1S/C12H8Cl3NO/c1-17-10-6-16-11(14)5-8(10)7-3-2-4-9(13)12(7)15/h2-6H,1H3. The van der Waals surface area contributed by atoms with Crippen LogP contribution < -0.4 is 4.74 Å². The highest BCUT2D eigenvalue weighted by Crippen LogP contribution is 2.38. The second-order valence-electron chi connectivity index (χ2n) is 3.31. The summed E-state index contributed by atoms with van der Waals surface area (Å²) < 4.78 is 5.23. The Hall–Kier alpha value is -0.960. The minimum absolute atomic E-state index is 0.372. The zero-order chi connectivity index (χ0) is 12.4. The minimum Gasteiger partial charge on any atom is -0.494 e. The normalized spacial score (nSPS) is 10.4. The van der Waals surface area contributed by atoms with Crippen molar-refractivity contribution in [1.82, 2.24) is 4.98 Å². The Kier molecular flexibility index (Phi) is 3.77. The maximum absolute atomic E-state index is 6.16. The zero-order valence-corrected chi connectivity index (χ0v) is 11.1. The van der Waals surface area contributed by atoms with Gasteiger partial charge in [-0.1, -0.05) is 46.9 Å². The molecule has 0 unspecified atom stereocenters. The molecule has 2 aromatic rings. The molecule has 0 amide bonds. The van der Waals surface area contributed by atoms with Gasteiger partial charge in [0.15, 0.2) is 0 Å². The van der Waals surface area contributed by atoms with Crippen molar-refractivity contribution in [2.45, 2.75) is 0 Å². The van der Waals surface area contributed by atoms with Gasteiger partial charge in [0.2, 0.25) is 0 Å². The maximum atomic E-state index is 6.16. The molecular weight excluding hydrogens is 280 g/mol. The highest BCUT2D eigenvalue weighted by Gasteiger charge is 2.12. The third-order valence-corrected chi connectivity index (χ3v) is 3.32. The zero-order valence-electron chi connectivity index (χ0n) is 8.88. The van der Waals surface area contributed by atoms with Crippen LogP contribution in [-0.2, 0) is 0 Å². The van der Waals surface area contributed by atoms with Gasteiger partial charge in [0.1, 0.15) is 10.9 Å². The van der Waals surface area contributed by atoms with E-state index in [1.54, 1.807) is 25.4 Å². The van der Waals surface area contributed by atoms with Gasteiger partial charge in [-0.2, -0.15) is 0 Å². The van der Waals surface area contributed by atoms with Gasteiger partial charge < -0.3 is 4.74 Å². The van der Waals surface area contributed by atoms with Crippen LogP contribution in [0.15, 0.2) is 30.5 Å². The average Bonchev–Trinajstić information content (AvgIpc) is 2.33. The van der Waals surface area contributed by atoms with E-state index in [2.05, 4.69) is 4.98 Å². The molecule has 5 heteroatoms. The first kappa shape index (κ1) is 12.5. The van der Waals surface area contributed by atoms with Gasteiger partial charge in [-0.15, -0.1) is 0 Å². The first-order chi connectivity index (χ1) is 8.13. The van der Waals surface area contributed by atoms with E-state index in [9.17, 15) is 0 Å². The summed E-state index contributed by atoms with van der Waals surface area (Å²) in [7, 11) is 1.56. The summed E-state index contributed by atoms with van der Waals surface area (Å²) in [4.78, 5) is 3.95. The van der Waals surface area contributed by atoms with E-state index in [0.29, 0.717) is 20.9 Å². The summed E-state index contributed by atoms with van der Waals surface area (Å²) in [5.74, 6) is 0.596. The molecule has 1 heterocycles. The largest absolute Gasteiger partial charge is 0.494 e. The van der Waals surface area contributed by atoms with Gasteiger partial charge in [0.05, 0.1) is 23.4 Å². The van der Waals surface area contributed by atoms with Crippen molar-refractivity contribution in [3.8, 4) is 16.9 Å². The van der Waals surface area contributed by atoms with Crippen LogP contribution in [0.2, 0.25) is 15.2 Å². The summed E-state index contributed by atoms with van der Waals surface area (Å²) in [5.41, 5.74) is 1.53. The Balaban J connectivity index is 2.67. The van der Waals surface area contributed by atoms with E-state index in [1.807, 2.05) is 12.1 Å². The molecule has 88 valence electrons. The molecule has 0 saturated heterocycles. The average molecular weight is 289 g/mol. The van der Waals surface area contributed by atoms with Crippen LogP contribution >= 0.6 is 34.8 Å². The summed E-state index contributed by atoms with van der Waals surface area (Å²) in [6, 6.07) is 7.08. The van der Waals surface area contributed by atoms with Gasteiger partial charge in [0, 0.05) is 11.1 Å². The highest BCUT2D eigenvalue weighted by atomic mass is 35.5. The number of hydrogen-bond donors (Lipinski definition) is 0. The summed E-state index contributed by atoms with van der Waals surface area (Å²) in [6.07, 6.45) is 1.55. The maximum Gasteiger partial charge on any atom is 0.145 e. The van der Waals surface area contributed by atoms with Gasteiger partial charge in [-0.25, -0.2) is 4.98 Å². The van der Waals surface area contributed by atoms with Crippen molar-refractivity contribution in [3.05, 3.63) is 45.7 Å². The van der Waals surface area contributed by atoms with E-state index >= 15 is 0 Å². The molecule has 1 aromatic carbocycles. The number of aromatic nitrogens is 1. The number of halogens is 3. The topological polar surface area (TPSA) is 22.1 Å². The molecule has 0 aliphatic carbocycles. The van der Waals surface area contributed by atoms with Gasteiger partial charge in [0.25, 0.3) is 0 Å². The fraction of sp³-hybridized carbons (Fsp3) is 0.0833. The molecule has 2 rings (SSSR count). The SMILES string of the molecule is COc1cnc(Cl)cc1-c1cccc(Cl)c1Cl. The lowest BCUT2D eigenvalue weighted by molar-refractivity contribution is 0.414. The second kappa shape index (κ2) is 5.13. The van der Waals surface area contributed by atoms with Gasteiger partial charge in [-0.3, -0.25) is 0 Å². The molecule has 0 aliphatic rings. The molecule has 0 fully saturated rings. The Labute approximate surface area is 114 Å². The van der Waals surface area contributed by atoms with Crippen LogP contribution in [0.3, 0.4) is 0 Å². The number of hydrogen-bond acceptors (Lipinski definition) is 2. The fourth-order valence-electron chi connectivity index (χ4n) is 1.50. The van der Waals surface area contributed by atoms with Crippen molar-refractivity contribution in [2.75, 3.05) is 7.11 Å². The first-order valence-electron chi connectivity index (χ1n) is 4.77. The highest BCUT2D eigenvalue weighted by molar-refractivity contribution is 6.43. The molecule has 2 nitrogen and oxygen atoms in total. The number of nitrogens with zero attached hydrogens (tertiary/aromatic N) is 1. The third-order valence-electron chi connectivity index (χ3n) is 2.30. The molecule has 0 radical (unpaired) electrons. The lowest BCUT2D eigenvalue weighted by Gasteiger charge is -2.10. The van der Waals surface area contributed by atoms with Crippen molar-refractivity contribution < 1.29 is 4.74 Å². The van der Waals surface area contributed by atoms with Gasteiger partial charge in [-0.05, 0) is 12.1 Å². The van der Waals surface area contributed by atoms with E-state index in [-0.39, 0.29) is 0 Å². The van der Waals surface area contributed by atoms with Crippen molar-refractivity contribution >= 4 is 34.8 Å². The van der Waals surface area contributed by atoms with Crippen molar-refractivity contribution in [1.29, 1.82) is 0 Å². The number of ether oxygens (including phenoxy) is 1. The molecule has 0 atom stereocenters. The van der Waals surface area contributed by atoms with Crippen LogP contribution in [0.4, 0.5) is 0 Å². The van der Waals surface area contributed by atoms with Crippen LogP contribution in [0.25, 0.3) is 11.1 Å². The molecular formula is C12H8Cl3NO. The molecule has 1 aromatic heterocycles. The number of methoxy groups -OCH3 is 1. The summed E-state index contributed by atoms with van der Waals surface area (Å²) in [5, 5.41) is 1.32. The fourth-order valence-corrected chi connectivity index (χ4v) is 2.06. The molecule has 0 saturated carbocycles. The predicted molar refractivity (Wildman–Crippen MR) is 71.3 cm³/mol.